The summed E-state index contributed by atoms with van der Waals surface area (Å²) < 4.78 is 0. The quantitative estimate of drug-likeness (QED) is 0.485. The average molecular weight is 107 g/mol. The van der Waals surface area contributed by atoms with Gasteiger partial charge in [-0.15, -0.1) is 0 Å². The molecule has 8 heavy (non-hydrogen) atoms. The molecule has 42 valence electrons. The molecule has 0 aromatic rings. The lowest BCUT2D eigenvalue weighted by molar-refractivity contribution is 1.02. The molecule has 0 bridgehead atoms. The summed E-state index contributed by atoms with van der Waals surface area (Å²) in [7, 11) is 0. The van der Waals surface area contributed by atoms with Crippen molar-refractivity contribution in [2.75, 3.05) is 0 Å². The predicted octanol–water partition coefficient (Wildman–Crippen LogP) is 1.54. The maximum atomic E-state index is 8.20. The number of rotatable bonds is 1. The van der Waals surface area contributed by atoms with Gasteiger partial charge >= 0.3 is 0 Å². The van der Waals surface area contributed by atoms with Crippen LogP contribution in [-0.2, 0) is 0 Å². The minimum Gasteiger partial charge on any atom is -0.159 e. The topological polar surface area (TPSA) is 22.3 Å². The zero-order valence-electron chi connectivity index (χ0n) is 4.96. The highest BCUT2D eigenvalue weighted by Crippen LogP contribution is 2.36. The van der Waals surface area contributed by atoms with Gasteiger partial charge in [-0.25, -0.2) is 0 Å². The van der Waals surface area contributed by atoms with Crippen LogP contribution in [0.3, 0.4) is 0 Å². The summed E-state index contributed by atoms with van der Waals surface area (Å²) >= 11 is 0. The summed E-state index contributed by atoms with van der Waals surface area (Å²) in [5.41, 5.74) is 9.64. The minimum absolute atomic E-state index is 0.770. The number of hydrogen-bond donors (Lipinski definition) is 0. The van der Waals surface area contributed by atoms with Crippen molar-refractivity contribution < 1.29 is 0 Å². The van der Waals surface area contributed by atoms with E-state index in [9.17, 15) is 0 Å². The monoisotopic (exact) mass is 107 g/mol. The first-order chi connectivity index (χ1) is 3.84. The third-order valence-corrected chi connectivity index (χ3v) is 1.41. The third kappa shape index (κ3) is 1.12. The van der Waals surface area contributed by atoms with Gasteiger partial charge in [0.05, 0.1) is 0 Å². The van der Waals surface area contributed by atoms with Gasteiger partial charge in [0, 0.05) is 6.20 Å². The maximum absolute atomic E-state index is 8.20. The summed E-state index contributed by atoms with van der Waals surface area (Å²) in [4.78, 5) is 0. The van der Waals surface area contributed by atoms with Gasteiger partial charge in [-0.05, 0) is 18.4 Å². The Labute approximate surface area is 49.9 Å². The fourth-order valence-electron chi connectivity index (χ4n) is 0.694. The second-order valence-corrected chi connectivity index (χ2v) is 2.19. The molecule has 1 nitrogen and oxygen atoms in total. The average Bonchev–Trinajstić information content (AvgIpc) is 2.42. The van der Waals surface area contributed by atoms with Crippen LogP contribution in [0.5, 0.6) is 0 Å². The second kappa shape index (κ2) is 2.03. The van der Waals surface area contributed by atoms with Gasteiger partial charge in [-0.2, -0.15) is 5.73 Å². The van der Waals surface area contributed by atoms with Gasteiger partial charge in [0.15, 0.2) is 0 Å². The fourth-order valence-corrected chi connectivity index (χ4v) is 0.694. The van der Waals surface area contributed by atoms with Crippen molar-refractivity contribution in [3.63, 3.8) is 0 Å². The molecule has 0 aromatic carbocycles. The molecule has 0 N–H and O–H groups in total. The molecule has 1 atom stereocenters. The standard InChI is InChI=1S/C7H9N/c1-6-5-7(6)3-2-4-8/h2-4,6H,5H2,1H3. The molecule has 0 aromatic heterocycles. The summed E-state index contributed by atoms with van der Waals surface area (Å²) in [6.45, 7) is 2.18. The fraction of sp³-hybridized carbons (Fsp3) is 0.429. The van der Waals surface area contributed by atoms with Crippen LogP contribution < -0.4 is 5.73 Å². The van der Waals surface area contributed by atoms with E-state index in [1.807, 2.05) is 6.08 Å². The molecule has 1 rings (SSSR count). The van der Waals surface area contributed by atoms with Crippen molar-refractivity contribution in [2.45, 2.75) is 13.3 Å². The smallest absolute Gasteiger partial charge is 0.0495 e. The molecule has 1 aliphatic carbocycles. The van der Waals surface area contributed by atoms with Crippen LogP contribution in [0.4, 0.5) is 0 Å². The van der Waals surface area contributed by atoms with Crippen molar-refractivity contribution in [1.82, 2.24) is 5.73 Å². The SMILES string of the molecule is CC1CC1=CC=C[N]. The van der Waals surface area contributed by atoms with Crippen molar-refractivity contribution in [3.8, 4) is 0 Å². The molecule has 0 amide bonds. The van der Waals surface area contributed by atoms with Crippen molar-refractivity contribution in [1.29, 1.82) is 0 Å². The van der Waals surface area contributed by atoms with E-state index in [4.69, 9.17) is 5.73 Å². The van der Waals surface area contributed by atoms with Crippen LogP contribution in [0.15, 0.2) is 23.9 Å². The summed E-state index contributed by atoms with van der Waals surface area (Å²) in [5, 5.41) is 0. The van der Waals surface area contributed by atoms with Crippen LogP contribution in [0.1, 0.15) is 13.3 Å². The molecule has 2 radical (unpaired) electrons. The summed E-state index contributed by atoms with van der Waals surface area (Å²) in [6.07, 6.45) is 5.91. The first kappa shape index (κ1) is 5.42. The first-order valence-corrected chi connectivity index (χ1v) is 2.84. The van der Waals surface area contributed by atoms with Gasteiger partial charge in [0.1, 0.15) is 0 Å². The van der Waals surface area contributed by atoms with E-state index in [1.54, 1.807) is 6.08 Å². The predicted molar refractivity (Wildman–Crippen MR) is 33.1 cm³/mol. The van der Waals surface area contributed by atoms with E-state index < -0.39 is 0 Å². The zero-order valence-corrected chi connectivity index (χ0v) is 4.96. The van der Waals surface area contributed by atoms with Gasteiger partial charge in [-0.3, -0.25) is 0 Å². The van der Waals surface area contributed by atoms with Gasteiger partial charge < -0.3 is 0 Å². The molecule has 0 saturated heterocycles. The summed E-state index contributed by atoms with van der Waals surface area (Å²) in [5.74, 6) is 0.770. The Morgan fingerprint density at radius 3 is 2.75 bits per heavy atom. The molecule has 1 heteroatoms. The number of nitrogens with zero attached hydrogens (tertiary/aromatic N) is 1. The lowest BCUT2D eigenvalue weighted by Crippen LogP contribution is -1.55. The van der Waals surface area contributed by atoms with E-state index in [2.05, 4.69) is 6.92 Å². The van der Waals surface area contributed by atoms with Crippen molar-refractivity contribution >= 4 is 0 Å². The third-order valence-electron chi connectivity index (χ3n) is 1.41. The van der Waals surface area contributed by atoms with Crippen molar-refractivity contribution in [2.24, 2.45) is 5.92 Å². The minimum atomic E-state index is 0.770. The van der Waals surface area contributed by atoms with E-state index in [0.29, 0.717) is 0 Å². The second-order valence-electron chi connectivity index (χ2n) is 2.19. The Morgan fingerprint density at radius 1 is 1.75 bits per heavy atom. The molecular weight excluding hydrogens is 98.1 g/mol. The molecule has 1 saturated carbocycles. The lowest BCUT2D eigenvalue weighted by Gasteiger charge is -1.68. The van der Waals surface area contributed by atoms with E-state index in [-0.39, 0.29) is 0 Å². The number of allylic oxidation sites excluding steroid dienone is 3. The molecule has 1 unspecified atom stereocenters. The summed E-state index contributed by atoms with van der Waals surface area (Å²) in [6, 6.07) is 0. The maximum Gasteiger partial charge on any atom is 0.0495 e. The molecule has 1 fully saturated rings. The van der Waals surface area contributed by atoms with E-state index in [1.165, 1.54) is 12.0 Å². The molecule has 1 aliphatic rings. The van der Waals surface area contributed by atoms with Crippen LogP contribution in [0.2, 0.25) is 0 Å². The molecule has 0 spiro atoms. The molecule has 0 heterocycles. The highest BCUT2D eigenvalue weighted by atomic mass is 14.5. The van der Waals surface area contributed by atoms with E-state index >= 15 is 0 Å². The Hall–Kier alpha value is -0.720. The molecular formula is C7H9N. The van der Waals surface area contributed by atoms with Crippen LogP contribution in [0, 0.1) is 5.92 Å². The van der Waals surface area contributed by atoms with Gasteiger partial charge in [0.2, 0.25) is 0 Å². The van der Waals surface area contributed by atoms with Crippen LogP contribution in [-0.4, -0.2) is 0 Å². The Morgan fingerprint density at radius 2 is 2.38 bits per heavy atom. The van der Waals surface area contributed by atoms with Gasteiger partial charge in [-0.1, -0.05) is 18.6 Å². The Bertz CT molecular complexity index is 133. The van der Waals surface area contributed by atoms with Crippen LogP contribution in [0.25, 0.3) is 0 Å². The Kier molecular flexibility index (Phi) is 1.38. The van der Waals surface area contributed by atoms with E-state index in [0.717, 1.165) is 12.1 Å². The Balaban J connectivity index is 2.36. The van der Waals surface area contributed by atoms with Crippen molar-refractivity contribution in [3.05, 3.63) is 23.9 Å². The lowest BCUT2D eigenvalue weighted by atomic mass is 10.4. The van der Waals surface area contributed by atoms with Gasteiger partial charge in [0.25, 0.3) is 0 Å². The van der Waals surface area contributed by atoms with Crippen LogP contribution >= 0.6 is 0 Å². The highest BCUT2D eigenvalue weighted by molar-refractivity contribution is 5.26. The zero-order chi connectivity index (χ0) is 5.98. The number of hydrogen-bond acceptors (Lipinski definition) is 0. The molecule has 0 aliphatic heterocycles. The normalized spacial score (nSPS) is 32.1. The highest BCUT2D eigenvalue weighted by Gasteiger charge is 2.22. The first-order valence-electron chi connectivity index (χ1n) is 2.84. The largest absolute Gasteiger partial charge is 0.159 e.